The Balaban J connectivity index is 1.81. The number of aromatic nitrogens is 2. The molecule has 3 heterocycles. The van der Waals surface area contributed by atoms with Gasteiger partial charge >= 0.3 is 12.1 Å². The molecular formula is C14H14F3N3O2S2. The molecular weight excluding hydrogens is 363 g/mol. The van der Waals surface area contributed by atoms with Crippen LogP contribution in [0.5, 0.6) is 0 Å². The van der Waals surface area contributed by atoms with Gasteiger partial charge in [0.05, 0.1) is 12.6 Å². The molecule has 10 heteroatoms. The topological polar surface area (TPSA) is 55.3 Å². The third-order valence-corrected chi connectivity index (χ3v) is 5.40. The summed E-state index contributed by atoms with van der Waals surface area (Å²) >= 11 is 2.29. The third-order valence-electron chi connectivity index (χ3n) is 3.57. The summed E-state index contributed by atoms with van der Waals surface area (Å²) in [5.74, 6) is -0.488. The second-order valence-corrected chi connectivity index (χ2v) is 6.88. The number of nitrogens with zero attached hydrogens (tertiary/aromatic N) is 3. The van der Waals surface area contributed by atoms with E-state index >= 15 is 0 Å². The lowest BCUT2D eigenvalue weighted by atomic mass is 10.2. The first-order chi connectivity index (χ1) is 11.4. The minimum Gasteiger partial charge on any atom is -0.461 e. The van der Waals surface area contributed by atoms with Gasteiger partial charge in [0.25, 0.3) is 0 Å². The highest BCUT2D eigenvalue weighted by atomic mass is 32.1. The summed E-state index contributed by atoms with van der Waals surface area (Å²) in [6.07, 6.45) is -2.85. The first kappa shape index (κ1) is 17.2. The molecule has 0 spiro atoms. The number of hydrogen-bond acceptors (Lipinski definition) is 7. The van der Waals surface area contributed by atoms with Crippen LogP contribution in [0, 0.1) is 0 Å². The largest absolute Gasteiger partial charge is 0.461 e. The highest BCUT2D eigenvalue weighted by Crippen LogP contribution is 2.40. The van der Waals surface area contributed by atoms with E-state index in [2.05, 4.69) is 9.97 Å². The predicted octanol–water partition coefficient (Wildman–Crippen LogP) is 4.14. The zero-order valence-corrected chi connectivity index (χ0v) is 14.3. The Hall–Kier alpha value is -1.68. The molecule has 0 saturated carbocycles. The Morgan fingerprint density at radius 1 is 1.38 bits per heavy atom. The summed E-state index contributed by atoms with van der Waals surface area (Å²) in [7, 11) is 0. The van der Waals surface area contributed by atoms with Crippen LogP contribution in [0.25, 0.3) is 0 Å². The van der Waals surface area contributed by atoms with Crippen LogP contribution in [-0.4, -0.2) is 29.1 Å². The van der Waals surface area contributed by atoms with E-state index in [0.717, 1.165) is 29.6 Å². The molecule has 0 amide bonds. The van der Waals surface area contributed by atoms with E-state index in [0.29, 0.717) is 16.7 Å². The summed E-state index contributed by atoms with van der Waals surface area (Å²) < 4.78 is 43.1. The molecule has 2 aromatic heterocycles. The minimum absolute atomic E-state index is 0.162. The monoisotopic (exact) mass is 377 g/mol. The van der Waals surface area contributed by atoms with Crippen LogP contribution in [-0.2, 0) is 10.9 Å². The average Bonchev–Trinajstić information content (AvgIpc) is 3.25. The van der Waals surface area contributed by atoms with Gasteiger partial charge in [0, 0.05) is 17.3 Å². The molecule has 1 unspecified atom stereocenters. The number of anilines is 1. The molecule has 3 rings (SSSR count). The van der Waals surface area contributed by atoms with Crippen LogP contribution < -0.4 is 4.90 Å². The maximum atomic E-state index is 12.7. The maximum Gasteiger partial charge on any atom is 0.434 e. The van der Waals surface area contributed by atoms with Crippen LogP contribution in [0.2, 0.25) is 0 Å². The van der Waals surface area contributed by atoms with E-state index in [1.54, 1.807) is 12.3 Å². The molecule has 1 atom stereocenters. The highest BCUT2D eigenvalue weighted by Gasteiger charge is 2.36. The van der Waals surface area contributed by atoms with Crippen molar-refractivity contribution in [3.05, 3.63) is 27.2 Å². The average molecular weight is 377 g/mol. The zero-order valence-electron chi connectivity index (χ0n) is 12.7. The van der Waals surface area contributed by atoms with Crippen LogP contribution in [0.1, 0.15) is 47.0 Å². The van der Waals surface area contributed by atoms with Gasteiger partial charge in [-0.3, -0.25) is 0 Å². The Morgan fingerprint density at radius 3 is 2.83 bits per heavy atom. The fourth-order valence-electron chi connectivity index (χ4n) is 2.52. The van der Waals surface area contributed by atoms with Gasteiger partial charge in [0.15, 0.2) is 16.5 Å². The number of rotatable bonds is 4. The predicted molar refractivity (Wildman–Crippen MR) is 84.5 cm³/mol. The van der Waals surface area contributed by atoms with Gasteiger partial charge in [0.2, 0.25) is 0 Å². The maximum absolute atomic E-state index is 12.7. The SMILES string of the molecule is CCOC(=O)c1csc(C2CCCN2c2nc(C(F)(F)F)cs2)n1. The van der Waals surface area contributed by atoms with Crippen molar-refractivity contribution in [2.45, 2.75) is 32.0 Å². The van der Waals surface area contributed by atoms with Crippen molar-refractivity contribution in [3.8, 4) is 0 Å². The number of thiazole rings is 2. The van der Waals surface area contributed by atoms with Crippen molar-refractivity contribution >= 4 is 33.8 Å². The summed E-state index contributed by atoms with van der Waals surface area (Å²) in [5.41, 5.74) is -0.640. The number of esters is 1. The summed E-state index contributed by atoms with van der Waals surface area (Å²) in [6, 6.07) is -0.162. The lowest BCUT2D eigenvalue weighted by Crippen LogP contribution is -2.22. The molecule has 24 heavy (non-hydrogen) atoms. The lowest BCUT2D eigenvalue weighted by molar-refractivity contribution is -0.140. The lowest BCUT2D eigenvalue weighted by Gasteiger charge is -2.22. The fraction of sp³-hybridized carbons (Fsp3) is 0.500. The standard InChI is InChI=1S/C14H14F3N3O2S2/c1-2-22-12(21)8-6-23-11(18-8)9-4-3-5-20(9)13-19-10(7-24-13)14(15,16)17/h6-7,9H,2-5H2,1H3. The Morgan fingerprint density at radius 2 is 2.17 bits per heavy atom. The first-order valence-electron chi connectivity index (χ1n) is 7.32. The number of carbonyl (C=O) groups excluding carboxylic acids is 1. The van der Waals surface area contributed by atoms with Crippen molar-refractivity contribution in [2.24, 2.45) is 0 Å². The van der Waals surface area contributed by atoms with Gasteiger partial charge in [-0.05, 0) is 19.8 Å². The zero-order chi connectivity index (χ0) is 17.3. The van der Waals surface area contributed by atoms with Gasteiger partial charge in [-0.2, -0.15) is 13.2 Å². The second-order valence-electron chi connectivity index (χ2n) is 5.16. The molecule has 0 aromatic carbocycles. The van der Waals surface area contributed by atoms with Crippen molar-refractivity contribution in [3.63, 3.8) is 0 Å². The highest BCUT2D eigenvalue weighted by molar-refractivity contribution is 7.13. The Labute approximate surface area is 144 Å². The molecule has 1 fully saturated rings. The van der Waals surface area contributed by atoms with E-state index in [1.165, 1.54) is 11.3 Å². The summed E-state index contributed by atoms with van der Waals surface area (Å²) in [4.78, 5) is 21.6. The second kappa shape index (κ2) is 6.67. The number of carbonyl (C=O) groups is 1. The molecule has 0 aliphatic carbocycles. The van der Waals surface area contributed by atoms with Gasteiger partial charge in [-0.1, -0.05) is 0 Å². The molecule has 2 aromatic rings. The Bertz CT molecular complexity index is 729. The van der Waals surface area contributed by atoms with E-state index in [-0.39, 0.29) is 18.3 Å². The molecule has 0 radical (unpaired) electrons. The van der Waals surface area contributed by atoms with Crippen LogP contribution in [0.15, 0.2) is 10.8 Å². The van der Waals surface area contributed by atoms with Gasteiger partial charge in [-0.15, -0.1) is 22.7 Å². The normalized spacial score (nSPS) is 18.2. The van der Waals surface area contributed by atoms with E-state index in [1.807, 2.05) is 4.90 Å². The van der Waals surface area contributed by atoms with Crippen molar-refractivity contribution in [1.29, 1.82) is 0 Å². The molecule has 0 bridgehead atoms. The van der Waals surface area contributed by atoms with Crippen molar-refractivity contribution in [1.82, 2.24) is 9.97 Å². The summed E-state index contributed by atoms with van der Waals surface area (Å²) in [5, 5.41) is 3.67. The summed E-state index contributed by atoms with van der Waals surface area (Å²) in [6.45, 7) is 2.59. The Kier molecular flexibility index (Phi) is 4.77. The first-order valence-corrected chi connectivity index (χ1v) is 9.08. The van der Waals surface area contributed by atoms with Crippen LogP contribution in [0.4, 0.5) is 18.3 Å². The number of halogens is 3. The molecule has 1 aliphatic heterocycles. The molecule has 1 saturated heterocycles. The van der Waals surface area contributed by atoms with Crippen LogP contribution >= 0.6 is 22.7 Å². The van der Waals surface area contributed by atoms with Gasteiger partial charge in [0.1, 0.15) is 5.01 Å². The quantitative estimate of drug-likeness (QED) is 0.750. The minimum atomic E-state index is -4.44. The van der Waals surface area contributed by atoms with E-state index in [9.17, 15) is 18.0 Å². The van der Waals surface area contributed by atoms with Crippen molar-refractivity contribution in [2.75, 3.05) is 18.1 Å². The molecule has 1 aliphatic rings. The van der Waals surface area contributed by atoms with Gasteiger partial charge in [-0.25, -0.2) is 14.8 Å². The van der Waals surface area contributed by atoms with E-state index < -0.39 is 17.8 Å². The van der Waals surface area contributed by atoms with Crippen LogP contribution in [0.3, 0.4) is 0 Å². The number of alkyl halides is 3. The molecule has 130 valence electrons. The van der Waals surface area contributed by atoms with Crippen molar-refractivity contribution < 1.29 is 22.7 Å². The molecule has 5 nitrogen and oxygen atoms in total. The van der Waals surface area contributed by atoms with Gasteiger partial charge < -0.3 is 9.64 Å². The smallest absolute Gasteiger partial charge is 0.434 e. The number of hydrogen-bond donors (Lipinski definition) is 0. The molecule has 0 N–H and O–H groups in total. The third kappa shape index (κ3) is 3.39. The number of ether oxygens (including phenoxy) is 1. The van der Waals surface area contributed by atoms with E-state index in [4.69, 9.17) is 4.74 Å². The fourth-order valence-corrected chi connectivity index (χ4v) is 4.36.